The second-order valence-corrected chi connectivity index (χ2v) is 7.30. The lowest BCUT2D eigenvalue weighted by atomic mass is 10.1. The first kappa shape index (κ1) is 21.0. The standard InChI is InChI=1S/C23H20N4O5/c28-21(24-18-10-11-18)15-32-22(29)12-9-17-14-26(19-6-2-1-3-7-19)25-23(17)16-5-4-8-20(13-16)27(30)31/h1-9,12-14,18H,10-11,15H2,(H,24,28). The van der Waals surface area contributed by atoms with Crippen molar-refractivity contribution in [2.75, 3.05) is 6.61 Å². The maximum absolute atomic E-state index is 12.1. The summed E-state index contributed by atoms with van der Waals surface area (Å²) in [5.41, 5.74) is 2.29. The maximum atomic E-state index is 12.1. The van der Waals surface area contributed by atoms with Crippen LogP contribution in [0.15, 0.2) is 66.9 Å². The van der Waals surface area contributed by atoms with E-state index < -0.39 is 10.9 Å². The van der Waals surface area contributed by atoms with Crippen molar-refractivity contribution in [2.45, 2.75) is 18.9 Å². The summed E-state index contributed by atoms with van der Waals surface area (Å²) in [6, 6.07) is 15.6. The van der Waals surface area contributed by atoms with Crippen molar-refractivity contribution in [1.29, 1.82) is 0 Å². The number of carbonyl (C=O) groups is 2. The van der Waals surface area contributed by atoms with Crippen LogP contribution in [0.4, 0.5) is 5.69 Å². The summed E-state index contributed by atoms with van der Waals surface area (Å²) in [5, 5.41) is 18.5. The van der Waals surface area contributed by atoms with E-state index in [-0.39, 0.29) is 24.2 Å². The molecule has 0 radical (unpaired) electrons. The van der Waals surface area contributed by atoms with Gasteiger partial charge >= 0.3 is 5.97 Å². The smallest absolute Gasteiger partial charge is 0.331 e. The largest absolute Gasteiger partial charge is 0.452 e. The molecule has 1 fully saturated rings. The van der Waals surface area contributed by atoms with Gasteiger partial charge in [-0.25, -0.2) is 9.48 Å². The molecule has 1 aliphatic rings. The van der Waals surface area contributed by atoms with Crippen LogP contribution in [0.3, 0.4) is 0 Å². The Bertz CT molecular complexity index is 1180. The highest BCUT2D eigenvalue weighted by atomic mass is 16.6. The predicted octanol–water partition coefficient (Wildman–Crippen LogP) is 3.28. The molecular weight excluding hydrogens is 412 g/mol. The van der Waals surface area contributed by atoms with Gasteiger partial charge in [-0.1, -0.05) is 30.3 Å². The van der Waals surface area contributed by atoms with Crippen molar-refractivity contribution in [3.63, 3.8) is 0 Å². The number of para-hydroxylation sites is 1. The third-order valence-corrected chi connectivity index (χ3v) is 4.78. The minimum Gasteiger partial charge on any atom is -0.452 e. The van der Waals surface area contributed by atoms with E-state index in [1.807, 2.05) is 30.3 Å². The van der Waals surface area contributed by atoms with Gasteiger partial charge in [0.2, 0.25) is 0 Å². The number of nitro groups is 1. The van der Waals surface area contributed by atoms with Gasteiger partial charge in [0.1, 0.15) is 5.69 Å². The molecule has 0 aliphatic heterocycles. The average molecular weight is 432 g/mol. The molecule has 1 heterocycles. The summed E-state index contributed by atoms with van der Waals surface area (Å²) in [4.78, 5) is 34.5. The van der Waals surface area contributed by atoms with Crippen molar-refractivity contribution in [2.24, 2.45) is 0 Å². The lowest BCUT2D eigenvalue weighted by molar-refractivity contribution is -0.384. The number of carbonyl (C=O) groups excluding carboxylic acids is 2. The van der Waals surface area contributed by atoms with Gasteiger partial charge < -0.3 is 10.1 Å². The number of benzene rings is 2. The number of nitrogens with zero attached hydrogens (tertiary/aromatic N) is 3. The predicted molar refractivity (Wildman–Crippen MR) is 117 cm³/mol. The molecule has 0 saturated heterocycles. The number of non-ortho nitro benzene ring substituents is 1. The molecule has 162 valence electrons. The van der Waals surface area contributed by atoms with E-state index >= 15 is 0 Å². The second-order valence-electron chi connectivity index (χ2n) is 7.30. The molecule has 1 aromatic heterocycles. The van der Waals surface area contributed by atoms with Crippen LogP contribution in [-0.4, -0.2) is 39.2 Å². The van der Waals surface area contributed by atoms with Crippen LogP contribution in [0.2, 0.25) is 0 Å². The zero-order valence-electron chi connectivity index (χ0n) is 17.0. The van der Waals surface area contributed by atoms with E-state index in [1.54, 1.807) is 23.0 Å². The van der Waals surface area contributed by atoms with Crippen LogP contribution in [0.5, 0.6) is 0 Å². The summed E-state index contributed by atoms with van der Waals surface area (Å²) < 4.78 is 6.61. The van der Waals surface area contributed by atoms with E-state index in [4.69, 9.17) is 4.74 Å². The second kappa shape index (κ2) is 9.25. The van der Waals surface area contributed by atoms with Gasteiger partial charge in [0, 0.05) is 41.6 Å². The number of rotatable bonds is 8. The molecule has 9 nitrogen and oxygen atoms in total. The highest BCUT2D eigenvalue weighted by Crippen LogP contribution is 2.27. The monoisotopic (exact) mass is 432 g/mol. The summed E-state index contributed by atoms with van der Waals surface area (Å²) >= 11 is 0. The number of hydrogen-bond acceptors (Lipinski definition) is 6. The van der Waals surface area contributed by atoms with E-state index in [1.165, 1.54) is 24.3 Å². The van der Waals surface area contributed by atoms with Gasteiger partial charge in [-0.05, 0) is 31.1 Å². The highest BCUT2D eigenvalue weighted by Gasteiger charge is 2.23. The van der Waals surface area contributed by atoms with Crippen molar-refractivity contribution in [1.82, 2.24) is 15.1 Å². The number of ether oxygens (including phenoxy) is 1. The van der Waals surface area contributed by atoms with Crippen molar-refractivity contribution >= 4 is 23.6 Å². The zero-order chi connectivity index (χ0) is 22.5. The summed E-state index contributed by atoms with van der Waals surface area (Å²) in [6.07, 6.45) is 6.34. The van der Waals surface area contributed by atoms with Crippen LogP contribution in [0.25, 0.3) is 23.0 Å². The summed E-state index contributed by atoms with van der Waals surface area (Å²) in [7, 11) is 0. The fourth-order valence-electron chi connectivity index (χ4n) is 3.05. The maximum Gasteiger partial charge on any atom is 0.331 e. The quantitative estimate of drug-likeness (QED) is 0.253. The lowest BCUT2D eigenvalue weighted by Crippen LogP contribution is -2.30. The Kier molecular flexibility index (Phi) is 6.07. The minimum atomic E-state index is -0.673. The molecule has 1 N–H and O–H groups in total. The van der Waals surface area contributed by atoms with Crippen LogP contribution in [-0.2, 0) is 14.3 Å². The normalized spacial score (nSPS) is 13.1. The summed E-state index contributed by atoms with van der Waals surface area (Å²) in [6.45, 7) is -0.347. The topological polar surface area (TPSA) is 116 Å². The first-order chi connectivity index (χ1) is 15.5. The van der Waals surface area contributed by atoms with Gasteiger partial charge in [-0.2, -0.15) is 5.10 Å². The average Bonchev–Trinajstić information content (AvgIpc) is 3.51. The first-order valence-electron chi connectivity index (χ1n) is 10.0. The molecule has 0 unspecified atom stereocenters. The fraction of sp³-hybridized carbons (Fsp3) is 0.174. The minimum absolute atomic E-state index is 0.0622. The number of amides is 1. The zero-order valence-corrected chi connectivity index (χ0v) is 17.0. The Morgan fingerprint density at radius 1 is 1.19 bits per heavy atom. The van der Waals surface area contributed by atoms with Crippen LogP contribution in [0.1, 0.15) is 18.4 Å². The van der Waals surface area contributed by atoms with Gasteiger partial charge in [0.15, 0.2) is 6.61 Å². The van der Waals surface area contributed by atoms with Crippen LogP contribution < -0.4 is 5.32 Å². The Morgan fingerprint density at radius 3 is 2.69 bits per heavy atom. The number of hydrogen-bond donors (Lipinski definition) is 1. The van der Waals surface area contributed by atoms with E-state index in [2.05, 4.69) is 10.4 Å². The van der Waals surface area contributed by atoms with E-state index in [0.717, 1.165) is 18.5 Å². The number of esters is 1. The van der Waals surface area contributed by atoms with Gasteiger partial charge in [-0.15, -0.1) is 0 Å². The molecule has 1 aliphatic carbocycles. The molecule has 9 heteroatoms. The molecule has 2 aromatic carbocycles. The van der Waals surface area contributed by atoms with Crippen molar-refractivity contribution < 1.29 is 19.2 Å². The Balaban J connectivity index is 1.58. The van der Waals surface area contributed by atoms with E-state index in [9.17, 15) is 19.7 Å². The molecular formula is C23H20N4O5. The van der Waals surface area contributed by atoms with Crippen LogP contribution in [0, 0.1) is 10.1 Å². The Hall–Kier alpha value is -4.27. The van der Waals surface area contributed by atoms with Crippen molar-refractivity contribution in [3.05, 3.63) is 82.5 Å². The fourth-order valence-corrected chi connectivity index (χ4v) is 3.05. The molecule has 1 amide bonds. The Labute approximate surface area is 183 Å². The summed E-state index contributed by atoms with van der Waals surface area (Å²) in [5.74, 6) is -1.00. The van der Waals surface area contributed by atoms with Gasteiger partial charge in [0.05, 0.1) is 10.6 Å². The van der Waals surface area contributed by atoms with Gasteiger partial charge in [-0.3, -0.25) is 14.9 Å². The molecule has 4 rings (SSSR count). The molecule has 0 atom stereocenters. The first-order valence-corrected chi connectivity index (χ1v) is 10.0. The number of nitro benzene ring substituents is 1. The molecule has 1 saturated carbocycles. The molecule has 0 bridgehead atoms. The van der Waals surface area contributed by atoms with E-state index in [0.29, 0.717) is 16.8 Å². The third kappa shape index (κ3) is 5.25. The number of aromatic nitrogens is 2. The highest BCUT2D eigenvalue weighted by molar-refractivity contribution is 5.90. The van der Waals surface area contributed by atoms with Crippen LogP contribution >= 0.6 is 0 Å². The lowest BCUT2D eigenvalue weighted by Gasteiger charge is -2.03. The molecule has 0 spiro atoms. The Morgan fingerprint density at radius 2 is 1.97 bits per heavy atom. The molecule has 3 aromatic rings. The molecule has 32 heavy (non-hydrogen) atoms. The SMILES string of the molecule is O=C(COC(=O)C=Cc1cn(-c2ccccc2)nc1-c1cccc([N+](=O)[O-])c1)NC1CC1. The van der Waals surface area contributed by atoms with Crippen molar-refractivity contribution in [3.8, 4) is 16.9 Å². The number of nitrogens with one attached hydrogen (secondary N) is 1. The third-order valence-electron chi connectivity index (χ3n) is 4.78. The van der Waals surface area contributed by atoms with Gasteiger partial charge in [0.25, 0.3) is 11.6 Å².